The van der Waals surface area contributed by atoms with Crippen molar-refractivity contribution in [2.24, 2.45) is 0 Å². The predicted octanol–water partition coefficient (Wildman–Crippen LogP) is 3.63. The Morgan fingerprint density at radius 2 is 1.71 bits per heavy atom. The molecule has 0 saturated heterocycles. The summed E-state index contributed by atoms with van der Waals surface area (Å²) >= 11 is 0. The van der Waals surface area contributed by atoms with Gasteiger partial charge >= 0.3 is 5.97 Å². The Kier molecular flexibility index (Phi) is 6.87. The van der Waals surface area contributed by atoms with E-state index in [2.05, 4.69) is 4.72 Å². The maximum absolute atomic E-state index is 14.3. The molecule has 0 radical (unpaired) electrons. The van der Waals surface area contributed by atoms with Crippen molar-refractivity contribution in [1.29, 1.82) is 0 Å². The molecule has 0 fully saturated rings. The van der Waals surface area contributed by atoms with Crippen LogP contribution in [0, 0.1) is 11.6 Å². The van der Waals surface area contributed by atoms with Gasteiger partial charge in [0.15, 0.2) is 17.4 Å². The Labute approximate surface area is 161 Å². The van der Waals surface area contributed by atoms with Gasteiger partial charge in [-0.25, -0.2) is 26.7 Å². The maximum Gasteiger partial charge on any atom is 0.333 e. The molecular weight excluding hydrogens is 392 g/mol. The highest BCUT2D eigenvalue weighted by molar-refractivity contribution is 7.89. The summed E-state index contributed by atoms with van der Waals surface area (Å²) in [6, 6.07) is 7.08. The molecule has 0 unspecified atom stereocenters. The first-order chi connectivity index (χ1) is 13.2. The van der Waals surface area contributed by atoms with Gasteiger partial charge in [-0.1, -0.05) is 0 Å². The van der Waals surface area contributed by atoms with Gasteiger partial charge in [0.05, 0.1) is 11.5 Å². The number of sulfonamides is 1. The number of rotatable bonds is 7. The number of benzene rings is 2. The van der Waals surface area contributed by atoms with E-state index in [1.807, 2.05) is 0 Å². The van der Waals surface area contributed by atoms with Gasteiger partial charge < -0.3 is 9.47 Å². The van der Waals surface area contributed by atoms with Crippen LogP contribution in [0.25, 0.3) is 6.08 Å². The second-order valence-corrected chi connectivity index (χ2v) is 7.53. The minimum atomic E-state index is -3.63. The number of ether oxygens (including phenoxy) is 2. The second-order valence-electron chi connectivity index (χ2n) is 5.64. The Morgan fingerprint density at radius 1 is 1.14 bits per heavy atom. The van der Waals surface area contributed by atoms with Crippen LogP contribution >= 0.6 is 0 Å². The van der Waals surface area contributed by atoms with E-state index in [-0.39, 0.29) is 28.4 Å². The van der Waals surface area contributed by atoms with Gasteiger partial charge in [0.1, 0.15) is 5.75 Å². The summed E-state index contributed by atoms with van der Waals surface area (Å²) in [4.78, 5) is 11.6. The van der Waals surface area contributed by atoms with Gasteiger partial charge in [-0.2, -0.15) is 0 Å². The van der Waals surface area contributed by atoms with Gasteiger partial charge in [-0.05, 0) is 68.9 Å². The molecule has 0 spiro atoms. The first-order valence-electron chi connectivity index (χ1n) is 8.24. The maximum atomic E-state index is 14.3. The summed E-state index contributed by atoms with van der Waals surface area (Å²) < 4.78 is 64.2. The van der Waals surface area contributed by atoms with Crippen molar-refractivity contribution in [2.45, 2.75) is 18.7 Å². The SMILES string of the molecule is CCOC(=O)/C(C)=C/c1cc(F)c(Oc2ccc(S(=O)(=O)NC)cc2)c(F)c1. The van der Waals surface area contributed by atoms with Gasteiger partial charge in [-0.3, -0.25) is 0 Å². The fourth-order valence-electron chi connectivity index (χ4n) is 2.24. The first kappa shape index (κ1) is 21.5. The molecular formula is C19H19F2NO5S. The Morgan fingerprint density at radius 3 is 2.21 bits per heavy atom. The molecule has 0 amide bonds. The number of hydrogen-bond acceptors (Lipinski definition) is 5. The van der Waals surface area contributed by atoms with E-state index in [1.54, 1.807) is 6.92 Å². The quantitative estimate of drug-likeness (QED) is 0.556. The van der Waals surface area contributed by atoms with Crippen LogP contribution in [-0.2, 0) is 19.6 Å². The van der Waals surface area contributed by atoms with Crippen molar-refractivity contribution >= 4 is 22.1 Å². The fourth-order valence-corrected chi connectivity index (χ4v) is 2.97. The van der Waals surface area contributed by atoms with E-state index in [0.29, 0.717) is 0 Å². The number of carbonyl (C=O) groups excluding carboxylic acids is 1. The summed E-state index contributed by atoms with van der Waals surface area (Å²) in [7, 11) is -2.36. The van der Waals surface area contributed by atoms with Gasteiger partial charge in [-0.15, -0.1) is 0 Å². The largest absolute Gasteiger partial charge is 0.463 e. The van der Waals surface area contributed by atoms with Crippen LogP contribution in [0.4, 0.5) is 8.78 Å². The molecule has 0 atom stereocenters. The molecule has 0 saturated carbocycles. The van der Waals surface area contributed by atoms with Crippen LogP contribution < -0.4 is 9.46 Å². The lowest BCUT2D eigenvalue weighted by Crippen LogP contribution is -2.18. The summed E-state index contributed by atoms with van der Waals surface area (Å²) in [6.07, 6.45) is 1.30. The third kappa shape index (κ3) is 5.14. The molecule has 28 heavy (non-hydrogen) atoms. The summed E-state index contributed by atoms with van der Waals surface area (Å²) in [5.41, 5.74) is 0.319. The molecule has 0 heterocycles. The number of hydrogen-bond donors (Lipinski definition) is 1. The van der Waals surface area contributed by atoms with E-state index in [9.17, 15) is 22.0 Å². The zero-order chi connectivity index (χ0) is 20.9. The van der Waals surface area contributed by atoms with E-state index >= 15 is 0 Å². The lowest BCUT2D eigenvalue weighted by Gasteiger charge is -2.10. The molecule has 2 aromatic carbocycles. The average Bonchev–Trinajstić information content (AvgIpc) is 2.65. The minimum absolute atomic E-state index is 0.0155. The molecule has 0 aliphatic carbocycles. The highest BCUT2D eigenvalue weighted by Gasteiger charge is 2.16. The van der Waals surface area contributed by atoms with Crippen LogP contribution in [0.15, 0.2) is 46.9 Å². The molecule has 0 aliphatic rings. The van der Waals surface area contributed by atoms with E-state index in [0.717, 1.165) is 12.1 Å². The first-order valence-corrected chi connectivity index (χ1v) is 9.72. The molecule has 0 bridgehead atoms. The van der Waals surface area contributed by atoms with Crippen molar-refractivity contribution in [2.75, 3.05) is 13.7 Å². The average molecular weight is 411 g/mol. The highest BCUT2D eigenvalue weighted by Crippen LogP contribution is 2.30. The van der Waals surface area contributed by atoms with Crippen LogP contribution in [0.5, 0.6) is 11.5 Å². The predicted molar refractivity (Wildman–Crippen MR) is 99.4 cm³/mol. The number of nitrogens with one attached hydrogen (secondary N) is 1. The molecule has 1 N–H and O–H groups in total. The molecule has 6 nitrogen and oxygen atoms in total. The number of carbonyl (C=O) groups is 1. The monoisotopic (exact) mass is 411 g/mol. The lowest BCUT2D eigenvalue weighted by atomic mass is 10.1. The topological polar surface area (TPSA) is 81.7 Å². The zero-order valence-electron chi connectivity index (χ0n) is 15.5. The third-order valence-corrected chi connectivity index (χ3v) is 5.05. The van der Waals surface area contributed by atoms with Crippen molar-refractivity contribution in [1.82, 2.24) is 4.72 Å². The van der Waals surface area contributed by atoms with Crippen molar-refractivity contribution in [3.8, 4) is 11.5 Å². The fraction of sp³-hybridized carbons (Fsp3) is 0.211. The standard InChI is InChI=1S/C19H19F2NO5S/c1-4-26-19(23)12(2)9-13-10-16(20)18(17(21)11-13)27-14-5-7-15(8-6-14)28(24,25)22-3/h5-11,22H,4H2,1-3H3/b12-9+. The normalized spacial score (nSPS) is 12.0. The van der Waals surface area contributed by atoms with Crippen molar-refractivity contribution in [3.05, 3.63) is 59.2 Å². The summed E-state index contributed by atoms with van der Waals surface area (Å²) in [6.45, 7) is 3.31. The van der Waals surface area contributed by atoms with E-state index < -0.39 is 33.4 Å². The third-order valence-electron chi connectivity index (χ3n) is 3.62. The summed E-state index contributed by atoms with van der Waals surface area (Å²) in [5.74, 6) is -3.13. The van der Waals surface area contributed by atoms with Crippen LogP contribution in [0.2, 0.25) is 0 Å². The van der Waals surface area contributed by atoms with Crippen LogP contribution in [0.1, 0.15) is 19.4 Å². The molecule has 2 rings (SSSR count). The second kappa shape index (κ2) is 8.94. The number of esters is 1. The van der Waals surface area contributed by atoms with Crippen LogP contribution in [0.3, 0.4) is 0 Å². The van der Waals surface area contributed by atoms with Gasteiger partial charge in [0, 0.05) is 5.57 Å². The number of halogens is 2. The highest BCUT2D eigenvalue weighted by atomic mass is 32.2. The zero-order valence-corrected chi connectivity index (χ0v) is 16.3. The molecule has 150 valence electrons. The molecule has 2 aromatic rings. The Balaban J connectivity index is 2.26. The lowest BCUT2D eigenvalue weighted by molar-refractivity contribution is -0.138. The van der Waals surface area contributed by atoms with Crippen LogP contribution in [-0.4, -0.2) is 28.0 Å². The minimum Gasteiger partial charge on any atom is -0.463 e. The van der Waals surface area contributed by atoms with Crippen molar-refractivity contribution in [3.63, 3.8) is 0 Å². The Bertz CT molecular complexity index is 978. The Hall–Kier alpha value is -2.78. The smallest absolute Gasteiger partial charge is 0.333 e. The van der Waals surface area contributed by atoms with Crippen molar-refractivity contribution < 1.29 is 31.5 Å². The van der Waals surface area contributed by atoms with E-state index in [4.69, 9.17) is 9.47 Å². The van der Waals surface area contributed by atoms with E-state index in [1.165, 1.54) is 44.3 Å². The van der Waals surface area contributed by atoms with Gasteiger partial charge in [0.25, 0.3) is 0 Å². The molecule has 0 aromatic heterocycles. The van der Waals surface area contributed by atoms with Gasteiger partial charge in [0.2, 0.25) is 10.0 Å². The summed E-state index contributed by atoms with van der Waals surface area (Å²) in [5, 5.41) is 0. The molecule has 9 heteroatoms. The molecule has 0 aliphatic heterocycles.